The van der Waals surface area contributed by atoms with E-state index in [4.69, 9.17) is 4.74 Å². The van der Waals surface area contributed by atoms with Crippen LogP contribution >= 0.6 is 11.3 Å². The first-order valence-corrected chi connectivity index (χ1v) is 9.83. The van der Waals surface area contributed by atoms with E-state index in [1.807, 2.05) is 23.6 Å². The van der Waals surface area contributed by atoms with Crippen molar-refractivity contribution in [1.29, 1.82) is 0 Å². The van der Waals surface area contributed by atoms with Crippen molar-refractivity contribution in [2.45, 2.75) is 31.4 Å². The standard InChI is InChI=1S/C19H19N3O3S/c23-16(21-18-20-7-8-26-18)14-9-12-6-5-11(14)10-19(12)22-17(24)13-3-1-2-4-15(13)25-19/h1-4,7-8,11-12,14H,5-6,9-10H2,(H,22,24)(H,20,21,23)/t11-,12+,14+,19-/m1/s1. The Morgan fingerprint density at radius 2 is 2.23 bits per heavy atom. The van der Waals surface area contributed by atoms with E-state index in [0.29, 0.717) is 22.9 Å². The van der Waals surface area contributed by atoms with E-state index in [0.717, 1.165) is 19.3 Å². The Bertz CT molecular complexity index is 869. The third kappa shape index (κ3) is 2.41. The van der Waals surface area contributed by atoms with Crippen LogP contribution in [0.4, 0.5) is 5.13 Å². The summed E-state index contributed by atoms with van der Waals surface area (Å²) < 4.78 is 6.32. The Morgan fingerprint density at radius 3 is 3.00 bits per heavy atom. The van der Waals surface area contributed by atoms with Crippen LogP contribution in [0.15, 0.2) is 35.8 Å². The van der Waals surface area contributed by atoms with E-state index in [1.54, 1.807) is 12.3 Å². The quantitative estimate of drug-likeness (QED) is 0.853. The highest BCUT2D eigenvalue weighted by atomic mass is 32.1. The van der Waals surface area contributed by atoms with E-state index in [1.165, 1.54) is 11.3 Å². The zero-order valence-electron chi connectivity index (χ0n) is 14.1. The van der Waals surface area contributed by atoms with E-state index in [2.05, 4.69) is 15.6 Å². The fourth-order valence-corrected chi connectivity index (χ4v) is 5.30. The van der Waals surface area contributed by atoms with Gasteiger partial charge in [0, 0.05) is 29.8 Å². The second-order valence-electron chi connectivity index (χ2n) is 7.35. The number of aromatic nitrogens is 1. The van der Waals surface area contributed by atoms with Crippen LogP contribution in [0.1, 0.15) is 36.0 Å². The summed E-state index contributed by atoms with van der Waals surface area (Å²) in [5, 5.41) is 8.54. The number of benzene rings is 1. The average molecular weight is 369 g/mol. The second kappa shape index (κ2) is 5.81. The summed E-state index contributed by atoms with van der Waals surface area (Å²) in [6, 6.07) is 7.36. The van der Waals surface area contributed by atoms with Crippen molar-refractivity contribution >= 4 is 28.3 Å². The molecule has 2 N–H and O–H groups in total. The Hall–Kier alpha value is -2.41. The molecule has 1 aromatic carbocycles. The summed E-state index contributed by atoms with van der Waals surface area (Å²) in [5.74, 6) is 0.881. The number of hydrogen-bond acceptors (Lipinski definition) is 5. The van der Waals surface area contributed by atoms with Gasteiger partial charge in [0.25, 0.3) is 5.91 Å². The summed E-state index contributed by atoms with van der Waals surface area (Å²) in [6.07, 6.45) is 5.04. The minimum absolute atomic E-state index is 0.0343. The molecule has 1 aromatic heterocycles. The highest BCUT2D eigenvalue weighted by Gasteiger charge is 2.57. The number of amides is 2. The predicted octanol–water partition coefficient (Wildman–Crippen LogP) is 3.04. The number of carbonyl (C=O) groups is 2. The van der Waals surface area contributed by atoms with Crippen LogP contribution in [0.3, 0.4) is 0 Å². The van der Waals surface area contributed by atoms with Crippen molar-refractivity contribution in [2.24, 2.45) is 17.8 Å². The molecule has 0 saturated heterocycles. The van der Waals surface area contributed by atoms with Gasteiger partial charge in [-0.2, -0.15) is 0 Å². The van der Waals surface area contributed by atoms with Gasteiger partial charge < -0.3 is 15.4 Å². The van der Waals surface area contributed by atoms with Gasteiger partial charge in [0.2, 0.25) is 5.91 Å². The van der Waals surface area contributed by atoms with Gasteiger partial charge in [-0.05, 0) is 37.3 Å². The summed E-state index contributed by atoms with van der Waals surface area (Å²) >= 11 is 1.42. The summed E-state index contributed by atoms with van der Waals surface area (Å²) in [5.41, 5.74) is -0.0931. The van der Waals surface area contributed by atoms with Gasteiger partial charge in [0.15, 0.2) is 10.9 Å². The lowest BCUT2D eigenvalue weighted by molar-refractivity contribution is -0.142. The molecular formula is C19H19N3O3S. The molecule has 6 nitrogen and oxygen atoms in total. The molecule has 3 aliphatic carbocycles. The smallest absolute Gasteiger partial charge is 0.258 e. The molecule has 4 atom stereocenters. The molecule has 0 radical (unpaired) electrons. The number of para-hydroxylation sites is 1. The predicted molar refractivity (Wildman–Crippen MR) is 96.9 cm³/mol. The zero-order valence-corrected chi connectivity index (χ0v) is 14.9. The maximum atomic E-state index is 12.7. The molecule has 2 heterocycles. The molecule has 0 unspecified atom stereocenters. The van der Waals surface area contributed by atoms with E-state index in [-0.39, 0.29) is 29.6 Å². The Morgan fingerprint density at radius 1 is 1.35 bits per heavy atom. The van der Waals surface area contributed by atoms with Gasteiger partial charge in [-0.3, -0.25) is 9.59 Å². The third-order valence-electron chi connectivity index (χ3n) is 5.97. The van der Waals surface area contributed by atoms with Crippen molar-refractivity contribution in [3.8, 4) is 5.75 Å². The number of hydrogen-bond donors (Lipinski definition) is 2. The molecule has 2 amide bonds. The number of anilines is 1. The summed E-state index contributed by atoms with van der Waals surface area (Å²) in [7, 11) is 0. The summed E-state index contributed by atoms with van der Waals surface area (Å²) in [6.45, 7) is 0. The maximum absolute atomic E-state index is 12.7. The van der Waals surface area contributed by atoms with Crippen molar-refractivity contribution in [1.82, 2.24) is 10.3 Å². The second-order valence-corrected chi connectivity index (χ2v) is 8.24. The van der Waals surface area contributed by atoms with Crippen LogP contribution in [0.2, 0.25) is 0 Å². The van der Waals surface area contributed by atoms with Crippen LogP contribution in [0.5, 0.6) is 5.75 Å². The molecular weight excluding hydrogens is 350 g/mol. The molecule has 2 bridgehead atoms. The van der Waals surface area contributed by atoms with Crippen LogP contribution in [0, 0.1) is 17.8 Å². The first-order chi connectivity index (χ1) is 12.6. The molecule has 6 rings (SSSR count). The molecule has 3 fully saturated rings. The largest absolute Gasteiger partial charge is 0.467 e. The van der Waals surface area contributed by atoms with Crippen LogP contribution in [-0.4, -0.2) is 22.5 Å². The number of ether oxygens (including phenoxy) is 1. The number of thiazole rings is 1. The van der Waals surface area contributed by atoms with Gasteiger partial charge in [0.1, 0.15) is 5.75 Å². The fraction of sp³-hybridized carbons (Fsp3) is 0.421. The number of nitrogens with zero attached hydrogens (tertiary/aromatic N) is 1. The lowest BCUT2D eigenvalue weighted by Gasteiger charge is -2.55. The Labute approximate surface area is 155 Å². The van der Waals surface area contributed by atoms with Gasteiger partial charge in [-0.1, -0.05) is 12.1 Å². The minimum atomic E-state index is -0.674. The molecule has 26 heavy (non-hydrogen) atoms. The molecule has 134 valence electrons. The first kappa shape index (κ1) is 15.8. The van der Waals surface area contributed by atoms with Crippen LogP contribution in [0.25, 0.3) is 0 Å². The molecule has 2 aromatic rings. The van der Waals surface area contributed by atoms with Gasteiger partial charge in [-0.25, -0.2) is 4.98 Å². The number of rotatable bonds is 2. The number of fused-ring (bicyclic) bond motifs is 3. The number of carbonyl (C=O) groups excluding carboxylic acids is 2. The van der Waals surface area contributed by atoms with Crippen molar-refractivity contribution in [3.05, 3.63) is 41.4 Å². The first-order valence-electron chi connectivity index (χ1n) is 8.95. The third-order valence-corrected chi connectivity index (χ3v) is 6.65. The zero-order chi connectivity index (χ0) is 17.7. The monoisotopic (exact) mass is 369 g/mol. The van der Waals surface area contributed by atoms with E-state index in [9.17, 15) is 9.59 Å². The van der Waals surface area contributed by atoms with Gasteiger partial charge >= 0.3 is 0 Å². The minimum Gasteiger partial charge on any atom is -0.467 e. The van der Waals surface area contributed by atoms with Crippen molar-refractivity contribution < 1.29 is 14.3 Å². The highest BCUT2D eigenvalue weighted by Crippen LogP contribution is 2.52. The normalized spacial score (nSPS) is 31.8. The molecule has 3 saturated carbocycles. The average Bonchev–Trinajstić information content (AvgIpc) is 3.15. The fourth-order valence-electron chi connectivity index (χ4n) is 4.76. The van der Waals surface area contributed by atoms with Gasteiger partial charge in [0.05, 0.1) is 5.56 Å². The molecule has 1 aliphatic heterocycles. The maximum Gasteiger partial charge on any atom is 0.258 e. The van der Waals surface area contributed by atoms with Crippen LogP contribution < -0.4 is 15.4 Å². The Kier molecular flexibility index (Phi) is 3.53. The SMILES string of the molecule is O=C1N[C@]2(C[C@H]3CC[C@H]2C[C@@H]3C(=O)Nc2nccs2)Oc2ccccc21. The van der Waals surface area contributed by atoms with E-state index < -0.39 is 5.72 Å². The molecule has 1 spiro atoms. The molecule has 7 heteroatoms. The Balaban J connectivity index is 1.38. The number of nitrogens with one attached hydrogen (secondary N) is 2. The lowest BCUT2D eigenvalue weighted by Crippen LogP contribution is -2.66. The van der Waals surface area contributed by atoms with Crippen molar-refractivity contribution in [3.63, 3.8) is 0 Å². The lowest BCUT2D eigenvalue weighted by atomic mass is 9.60. The van der Waals surface area contributed by atoms with Crippen molar-refractivity contribution in [2.75, 3.05) is 5.32 Å². The topological polar surface area (TPSA) is 80.3 Å². The summed E-state index contributed by atoms with van der Waals surface area (Å²) in [4.78, 5) is 29.4. The molecule has 4 aliphatic rings. The van der Waals surface area contributed by atoms with E-state index >= 15 is 0 Å². The highest BCUT2D eigenvalue weighted by molar-refractivity contribution is 7.13. The van der Waals surface area contributed by atoms with Gasteiger partial charge in [-0.15, -0.1) is 11.3 Å². The van der Waals surface area contributed by atoms with Crippen LogP contribution in [-0.2, 0) is 4.79 Å².